The molecule has 0 saturated heterocycles. The number of aliphatic hydroxyl groups is 1. The molecule has 5 heterocycles. The van der Waals surface area contributed by atoms with Crippen LogP contribution in [0.3, 0.4) is 0 Å². The number of carbonyl (C=O) groups excluding carboxylic acids is 1. The average Bonchev–Trinajstić information content (AvgIpc) is 3.21. The summed E-state index contributed by atoms with van der Waals surface area (Å²) in [7, 11) is 0. The molecule has 10 nitrogen and oxygen atoms in total. The van der Waals surface area contributed by atoms with E-state index in [-0.39, 0.29) is 18.6 Å². The third-order valence-corrected chi connectivity index (χ3v) is 6.19. The molecule has 0 radical (unpaired) electrons. The third kappa shape index (κ3) is 3.56. The first kappa shape index (κ1) is 22.4. The van der Waals surface area contributed by atoms with Crippen LogP contribution >= 0.6 is 0 Å². The lowest BCUT2D eigenvalue weighted by atomic mass is 9.86. The largest absolute Gasteiger partial charge is 0.458 e. The number of cyclic esters (lactones) is 1. The quantitative estimate of drug-likeness (QED) is 0.308. The number of esters is 1. The minimum Gasteiger partial charge on any atom is -0.458 e. The Labute approximate surface area is 195 Å². The molecule has 0 saturated carbocycles. The Kier molecular flexibility index (Phi) is 5.21. The summed E-state index contributed by atoms with van der Waals surface area (Å²) >= 11 is 0. The van der Waals surface area contributed by atoms with E-state index in [4.69, 9.17) is 9.72 Å². The van der Waals surface area contributed by atoms with Gasteiger partial charge in [0.05, 0.1) is 29.0 Å². The van der Waals surface area contributed by atoms with Gasteiger partial charge in [-0.2, -0.15) is 4.39 Å². The maximum absolute atomic E-state index is 13.0. The van der Waals surface area contributed by atoms with Crippen LogP contribution in [0.25, 0.3) is 22.3 Å². The highest BCUT2D eigenvalue weighted by molar-refractivity contribution is 5.86. The number of pyridine rings is 2. The summed E-state index contributed by atoms with van der Waals surface area (Å²) in [6, 6.07) is 11.6. The number of carbonyl (C=O) groups is 1. The first-order valence-corrected chi connectivity index (χ1v) is 10.8. The van der Waals surface area contributed by atoms with E-state index >= 15 is 0 Å². The molecule has 178 valence electrons. The van der Waals surface area contributed by atoms with Gasteiger partial charge < -0.3 is 19.4 Å². The molecule has 11 heteroatoms. The molecule has 35 heavy (non-hydrogen) atoms. The van der Waals surface area contributed by atoms with Gasteiger partial charge in [0.25, 0.3) is 11.1 Å². The van der Waals surface area contributed by atoms with Gasteiger partial charge in [0, 0.05) is 22.7 Å². The summed E-state index contributed by atoms with van der Waals surface area (Å²) < 4.78 is 18.7. The second-order valence-electron chi connectivity index (χ2n) is 8.21. The zero-order valence-corrected chi connectivity index (χ0v) is 18.4. The number of nitrogens with one attached hydrogen (secondary N) is 2. The maximum Gasteiger partial charge on any atom is 0.343 e. The van der Waals surface area contributed by atoms with Crippen molar-refractivity contribution in [3.05, 3.63) is 96.3 Å². The van der Waals surface area contributed by atoms with E-state index in [0.717, 1.165) is 22.2 Å². The molecule has 2 aliphatic rings. The molecule has 0 amide bonds. The molecule has 2 aliphatic heterocycles. The highest BCUT2D eigenvalue weighted by Crippen LogP contribution is 2.38. The minimum atomic E-state index is -1.79. The standard InChI is InChI=1S/C20H16N2O4.C4H3FN2O2/c1-2-20(25)14-8-16-17-12(7-11-5-3-4-6-15(11)21-17)9-22(16)18(23)13(14)10-26-19(20)24;5-2-1-6-4(9)7-3(2)8/h3-8,25H,2,9-10H2,1H3;1H,(H2,6,7,8,9)/t20-;/m0./s1. The molecule has 3 aromatic heterocycles. The second kappa shape index (κ2) is 8.13. The lowest BCUT2D eigenvalue weighted by molar-refractivity contribution is -0.172. The number of para-hydroxylation sites is 1. The molecule has 0 fully saturated rings. The van der Waals surface area contributed by atoms with Crippen LogP contribution < -0.4 is 16.8 Å². The summed E-state index contributed by atoms with van der Waals surface area (Å²) in [5, 5.41) is 11.8. The highest BCUT2D eigenvalue weighted by atomic mass is 19.1. The van der Waals surface area contributed by atoms with Gasteiger partial charge in [-0.15, -0.1) is 0 Å². The van der Waals surface area contributed by atoms with Crippen molar-refractivity contribution in [2.45, 2.75) is 32.1 Å². The van der Waals surface area contributed by atoms with E-state index in [2.05, 4.69) is 0 Å². The zero-order chi connectivity index (χ0) is 24.9. The Balaban J connectivity index is 0.000000239. The SMILES string of the molecule is CC[C@@]1(O)C(=O)OCc2c1cc1n(c2=O)Cc2cc3ccccc3nc2-1.O=c1[nH]cc(F)c(=O)[nH]1. The smallest absolute Gasteiger partial charge is 0.343 e. The van der Waals surface area contributed by atoms with Crippen molar-refractivity contribution in [1.82, 2.24) is 19.5 Å². The number of rotatable bonds is 1. The minimum absolute atomic E-state index is 0.110. The van der Waals surface area contributed by atoms with Gasteiger partial charge in [-0.05, 0) is 24.6 Å². The fourth-order valence-electron chi connectivity index (χ4n) is 4.32. The van der Waals surface area contributed by atoms with Crippen molar-refractivity contribution in [3.8, 4) is 11.4 Å². The van der Waals surface area contributed by atoms with Crippen molar-refractivity contribution < 1.29 is 19.0 Å². The van der Waals surface area contributed by atoms with Crippen LogP contribution in [0.15, 0.2) is 57.0 Å². The number of halogens is 1. The van der Waals surface area contributed by atoms with Crippen LogP contribution in [0.4, 0.5) is 4.39 Å². The Hall–Kier alpha value is -4.38. The number of benzene rings is 1. The first-order valence-electron chi connectivity index (χ1n) is 10.8. The lowest BCUT2D eigenvalue weighted by Gasteiger charge is -2.31. The Morgan fingerprint density at radius 1 is 1.20 bits per heavy atom. The normalized spacial score (nSPS) is 17.6. The molecular weight excluding hydrogens is 459 g/mol. The fourth-order valence-corrected chi connectivity index (χ4v) is 4.32. The van der Waals surface area contributed by atoms with Crippen molar-refractivity contribution >= 4 is 16.9 Å². The number of aromatic nitrogens is 4. The van der Waals surface area contributed by atoms with Gasteiger partial charge in [0.2, 0.25) is 5.82 Å². The zero-order valence-electron chi connectivity index (χ0n) is 18.4. The van der Waals surface area contributed by atoms with Gasteiger partial charge in [0.15, 0.2) is 5.60 Å². The van der Waals surface area contributed by atoms with Gasteiger partial charge in [-0.3, -0.25) is 14.6 Å². The summed E-state index contributed by atoms with van der Waals surface area (Å²) in [4.78, 5) is 53.9. The molecule has 3 N–H and O–H groups in total. The Morgan fingerprint density at radius 3 is 2.69 bits per heavy atom. The van der Waals surface area contributed by atoms with Gasteiger partial charge in [-0.1, -0.05) is 25.1 Å². The number of ether oxygens (including phenoxy) is 1. The molecular formula is C24H19FN4O6. The van der Waals surface area contributed by atoms with Crippen LogP contribution in [-0.4, -0.2) is 30.6 Å². The van der Waals surface area contributed by atoms with Gasteiger partial charge in [-0.25, -0.2) is 14.6 Å². The van der Waals surface area contributed by atoms with Crippen LogP contribution in [0, 0.1) is 5.82 Å². The summed E-state index contributed by atoms with van der Waals surface area (Å²) in [5.74, 6) is -1.70. The molecule has 0 aliphatic carbocycles. The fraction of sp³-hybridized carbons (Fsp3) is 0.208. The monoisotopic (exact) mass is 478 g/mol. The van der Waals surface area contributed by atoms with Crippen LogP contribution in [0.1, 0.15) is 30.0 Å². The summed E-state index contributed by atoms with van der Waals surface area (Å²) in [6.45, 7) is 2.01. The van der Waals surface area contributed by atoms with E-state index in [1.54, 1.807) is 22.5 Å². The maximum atomic E-state index is 13.0. The number of fused-ring (bicyclic) bond motifs is 5. The Bertz CT molecular complexity index is 1690. The van der Waals surface area contributed by atoms with Crippen molar-refractivity contribution in [2.75, 3.05) is 0 Å². The van der Waals surface area contributed by atoms with Gasteiger partial charge in [0.1, 0.15) is 6.61 Å². The topological polar surface area (TPSA) is 147 Å². The van der Waals surface area contributed by atoms with E-state index < -0.39 is 28.6 Å². The molecule has 6 rings (SSSR count). The number of hydrogen-bond donors (Lipinski definition) is 3. The summed E-state index contributed by atoms with van der Waals surface area (Å²) in [5.41, 5.74) is 0.106. The highest BCUT2D eigenvalue weighted by Gasteiger charge is 2.45. The first-order chi connectivity index (χ1) is 16.7. The lowest BCUT2D eigenvalue weighted by Crippen LogP contribution is -2.44. The number of aromatic amines is 2. The molecule has 1 atom stereocenters. The number of nitrogens with zero attached hydrogens (tertiary/aromatic N) is 2. The van der Waals surface area contributed by atoms with Gasteiger partial charge >= 0.3 is 11.7 Å². The molecule has 0 unspecified atom stereocenters. The average molecular weight is 478 g/mol. The van der Waals surface area contributed by atoms with Crippen molar-refractivity contribution in [3.63, 3.8) is 0 Å². The van der Waals surface area contributed by atoms with Crippen LogP contribution in [0.5, 0.6) is 0 Å². The van der Waals surface area contributed by atoms with Crippen LogP contribution in [0.2, 0.25) is 0 Å². The molecule has 4 aromatic rings. The molecule has 0 spiro atoms. The molecule has 1 aromatic carbocycles. The van der Waals surface area contributed by atoms with E-state index in [1.807, 2.05) is 35.3 Å². The van der Waals surface area contributed by atoms with Crippen molar-refractivity contribution in [2.24, 2.45) is 0 Å². The Morgan fingerprint density at radius 2 is 1.97 bits per heavy atom. The van der Waals surface area contributed by atoms with E-state index in [9.17, 15) is 28.7 Å². The van der Waals surface area contributed by atoms with Crippen LogP contribution in [-0.2, 0) is 28.3 Å². The van der Waals surface area contributed by atoms with E-state index in [1.165, 1.54) is 0 Å². The molecule has 0 bridgehead atoms. The number of H-pyrrole nitrogens is 2. The number of hydrogen-bond acceptors (Lipinski definition) is 7. The summed E-state index contributed by atoms with van der Waals surface area (Å²) in [6.07, 6.45) is 0.848. The van der Waals surface area contributed by atoms with Crippen molar-refractivity contribution in [1.29, 1.82) is 0 Å². The second-order valence-corrected chi connectivity index (χ2v) is 8.21. The third-order valence-electron chi connectivity index (χ3n) is 6.19. The predicted molar refractivity (Wildman–Crippen MR) is 122 cm³/mol. The van der Waals surface area contributed by atoms with E-state index in [0.29, 0.717) is 29.6 Å². The predicted octanol–water partition coefficient (Wildman–Crippen LogP) is 1.28.